The van der Waals surface area contributed by atoms with Crippen LogP contribution in [0.2, 0.25) is 5.02 Å². The van der Waals surface area contributed by atoms with Crippen LogP contribution in [0.5, 0.6) is 5.88 Å². The van der Waals surface area contributed by atoms with E-state index in [0.29, 0.717) is 39.6 Å². The van der Waals surface area contributed by atoms with Crippen LogP contribution >= 0.6 is 22.9 Å². The fourth-order valence-corrected chi connectivity index (χ4v) is 5.68. The van der Waals surface area contributed by atoms with Gasteiger partial charge in [-0.25, -0.2) is 0 Å². The summed E-state index contributed by atoms with van der Waals surface area (Å²) in [4.78, 5) is 20.4. The topological polar surface area (TPSA) is 93.1 Å². The van der Waals surface area contributed by atoms with E-state index in [2.05, 4.69) is 15.0 Å². The van der Waals surface area contributed by atoms with Gasteiger partial charge in [0.15, 0.2) is 5.76 Å². The van der Waals surface area contributed by atoms with Crippen LogP contribution in [-0.2, 0) is 9.53 Å². The summed E-state index contributed by atoms with van der Waals surface area (Å²) in [5.41, 5.74) is 0.856. The lowest BCUT2D eigenvalue weighted by atomic mass is 9.94. The van der Waals surface area contributed by atoms with Crippen LogP contribution in [0.1, 0.15) is 36.2 Å². The van der Waals surface area contributed by atoms with E-state index < -0.39 is 0 Å². The molecule has 0 bridgehead atoms. The van der Waals surface area contributed by atoms with Crippen molar-refractivity contribution in [3.63, 3.8) is 0 Å². The molecule has 1 aliphatic heterocycles. The summed E-state index contributed by atoms with van der Waals surface area (Å²) in [5, 5.41) is 16.2. The number of thiazole rings is 1. The number of rotatable bonds is 6. The average molecular weight is 487 g/mol. The molecule has 2 atom stereocenters. The van der Waals surface area contributed by atoms with Crippen LogP contribution < -0.4 is 0 Å². The van der Waals surface area contributed by atoms with E-state index in [4.69, 9.17) is 20.8 Å². The Balaban J connectivity index is 1.56. The zero-order valence-electron chi connectivity index (χ0n) is 18.0. The minimum absolute atomic E-state index is 0.00323. The van der Waals surface area contributed by atoms with Gasteiger partial charge >= 0.3 is 5.97 Å². The van der Waals surface area contributed by atoms with Crippen LogP contribution in [0.25, 0.3) is 16.5 Å². The highest BCUT2D eigenvalue weighted by Gasteiger charge is 2.36. The molecule has 0 aliphatic carbocycles. The summed E-state index contributed by atoms with van der Waals surface area (Å²) in [6.45, 7) is 3.44. The minimum Gasteiger partial charge on any atom is -0.492 e. The van der Waals surface area contributed by atoms with E-state index >= 15 is 0 Å². The fourth-order valence-electron chi connectivity index (χ4n) is 4.33. The number of benzene rings is 1. The van der Waals surface area contributed by atoms with Crippen LogP contribution in [0.15, 0.2) is 47.1 Å². The Labute approximate surface area is 199 Å². The molecule has 1 aromatic carbocycles. The van der Waals surface area contributed by atoms with E-state index in [1.807, 2.05) is 31.2 Å². The van der Waals surface area contributed by atoms with Crippen LogP contribution in [0, 0.1) is 5.92 Å². The Hall–Kier alpha value is -2.88. The third-order valence-corrected chi connectivity index (χ3v) is 7.24. The first kappa shape index (κ1) is 21.9. The number of fused-ring (bicyclic) bond motifs is 1. The van der Waals surface area contributed by atoms with Crippen LogP contribution in [-0.4, -0.2) is 50.3 Å². The number of likely N-dealkylation sites (tertiary alicyclic amines) is 1. The molecule has 10 heteroatoms. The number of furan rings is 1. The molecule has 1 aliphatic rings. The Morgan fingerprint density at radius 3 is 2.94 bits per heavy atom. The maximum Gasteiger partial charge on any atom is 0.310 e. The largest absolute Gasteiger partial charge is 0.492 e. The van der Waals surface area contributed by atoms with Gasteiger partial charge in [0, 0.05) is 11.6 Å². The van der Waals surface area contributed by atoms with Crippen molar-refractivity contribution in [2.24, 2.45) is 5.92 Å². The number of carbonyl (C=O) groups is 1. The number of hydrogen-bond acceptors (Lipinski definition) is 8. The standard InChI is InChI=1S/C23H23ClN4O4S/c1-2-31-22(30)14-7-5-11-27(13-14)18(15-8-3-4-9-16(15)24)19-21(29)28-23(33-19)25-20(26-28)17-10-6-12-32-17/h3-4,6,8-10,12,14,18,29H,2,5,7,11,13H2,1H3/t14-,18+/m1/s1. The lowest BCUT2D eigenvalue weighted by Gasteiger charge is -2.37. The van der Waals surface area contributed by atoms with Crippen molar-refractivity contribution < 1.29 is 19.1 Å². The van der Waals surface area contributed by atoms with Crippen molar-refractivity contribution in [3.05, 3.63) is 58.1 Å². The summed E-state index contributed by atoms with van der Waals surface area (Å²) in [5.74, 6) is 0.530. The summed E-state index contributed by atoms with van der Waals surface area (Å²) >= 11 is 7.96. The Bertz CT molecular complexity index is 1270. The molecule has 5 rings (SSSR count). The van der Waals surface area contributed by atoms with Crippen molar-refractivity contribution in [1.82, 2.24) is 19.5 Å². The van der Waals surface area contributed by atoms with E-state index in [0.717, 1.165) is 24.9 Å². The van der Waals surface area contributed by atoms with Gasteiger partial charge in [-0.2, -0.15) is 9.50 Å². The van der Waals surface area contributed by atoms with Gasteiger partial charge in [0.25, 0.3) is 0 Å². The van der Waals surface area contributed by atoms with Gasteiger partial charge in [0.1, 0.15) is 0 Å². The molecule has 0 spiro atoms. The lowest BCUT2D eigenvalue weighted by molar-refractivity contribution is -0.150. The highest BCUT2D eigenvalue weighted by Crippen LogP contribution is 2.43. The second-order valence-electron chi connectivity index (χ2n) is 7.91. The van der Waals surface area contributed by atoms with E-state index in [-0.39, 0.29) is 23.8 Å². The van der Waals surface area contributed by atoms with E-state index in [1.54, 1.807) is 18.4 Å². The van der Waals surface area contributed by atoms with Gasteiger partial charge in [0.2, 0.25) is 16.7 Å². The van der Waals surface area contributed by atoms with Gasteiger partial charge in [0.05, 0.1) is 29.7 Å². The predicted molar refractivity (Wildman–Crippen MR) is 124 cm³/mol. The molecule has 33 heavy (non-hydrogen) atoms. The molecule has 1 fully saturated rings. The maximum atomic E-state index is 12.5. The molecule has 0 amide bonds. The number of nitrogens with zero attached hydrogens (tertiary/aromatic N) is 4. The van der Waals surface area contributed by atoms with Crippen LogP contribution in [0.3, 0.4) is 0 Å². The lowest BCUT2D eigenvalue weighted by Crippen LogP contribution is -2.41. The molecule has 3 aromatic heterocycles. The minimum atomic E-state index is -0.350. The van der Waals surface area contributed by atoms with Gasteiger partial charge in [-0.1, -0.05) is 41.1 Å². The highest BCUT2D eigenvalue weighted by molar-refractivity contribution is 7.17. The zero-order chi connectivity index (χ0) is 22.9. The number of piperidine rings is 1. The van der Waals surface area contributed by atoms with Crippen LogP contribution in [0.4, 0.5) is 0 Å². The molecule has 0 unspecified atom stereocenters. The van der Waals surface area contributed by atoms with Crippen molar-refractivity contribution in [3.8, 4) is 17.5 Å². The summed E-state index contributed by atoms with van der Waals surface area (Å²) in [6.07, 6.45) is 3.17. The van der Waals surface area contributed by atoms with Gasteiger partial charge < -0.3 is 14.3 Å². The fraction of sp³-hybridized carbons (Fsp3) is 0.348. The zero-order valence-corrected chi connectivity index (χ0v) is 19.6. The molecule has 0 radical (unpaired) electrons. The normalized spacial score (nSPS) is 17.9. The molecule has 8 nitrogen and oxygen atoms in total. The Morgan fingerprint density at radius 1 is 1.36 bits per heavy atom. The molecule has 1 saturated heterocycles. The van der Waals surface area contributed by atoms with E-state index in [9.17, 15) is 9.90 Å². The third-order valence-electron chi connectivity index (χ3n) is 5.83. The van der Waals surface area contributed by atoms with Gasteiger partial charge in [-0.05, 0) is 50.1 Å². The molecule has 4 aromatic rings. The highest BCUT2D eigenvalue weighted by atomic mass is 35.5. The van der Waals surface area contributed by atoms with Crippen molar-refractivity contribution >= 4 is 33.9 Å². The van der Waals surface area contributed by atoms with Gasteiger partial charge in [-0.15, -0.1) is 5.10 Å². The SMILES string of the molecule is CCOC(=O)[C@@H]1CCCN([C@@H](c2ccccc2Cl)c2sc3nc(-c4ccco4)nn3c2O)C1. The Kier molecular flexibility index (Phi) is 6.09. The predicted octanol–water partition coefficient (Wildman–Crippen LogP) is 4.77. The second kappa shape index (κ2) is 9.17. The number of halogens is 1. The summed E-state index contributed by atoms with van der Waals surface area (Å²) in [7, 11) is 0. The molecule has 4 heterocycles. The second-order valence-corrected chi connectivity index (χ2v) is 9.32. The molecular weight excluding hydrogens is 464 g/mol. The molecule has 172 valence electrons. The summed E-state index contributed by atoms with van der Waals surface area (Å²) < 4.78 is 12.1. The first-order valence-electron chi connectivity index (χ1n) is 10.8. The number of hydrogen-bond donors (Lipinski definition) is 1. The third kappa shape index (κ3) is 4.12. The van der Waals surface area contributed by atoms with Crippen molar-refractivity contribution in [2.45, 2.75) is 25.8 Å². The first-order valence-corrected chi connectivity index (χ1v) is 12.0. The number of aromatic nitrogens is 3. The van der Waals surface area contributed by atoms with Gasteiger partial charge in [-0.3, -0.25) is 9.69 Å². The number of carbonyl (C=O) groups excluding carboxylic acids is 1. The van der Waals surface area contributed by atoms with Crippen molar-refractivity contribution in [1.29, 1.82) is 0 Å². The molecule has 1 N–H and O–H groups in total. The summed E-state index contributed by atoms with van der Waals surface area (Å²) in [6, 6.07) is 10.8. The smallest absolute Gasteiger partial charge is 0.310 e. The molecular formula is C23H23ClN4O4S. The monoisotopic (exact) mass is 486 g/mol. The van der Waals surface area contributed by atoms with E-state index in [1.165, 1.54) is 15.9 Å². The average Bonchev–Trinajstić information content (AvgIpc) is 3.55. The quantitative estimate of drug-likeness (QED) is 0.392. The number of aromatic hydroxyl groups is 1. The maximum absolute atomic E-state index is 12.5. The number of esters is 1. The van der Waals surface area contributed by atoms with Crippen molar-refractivity contribution in [2.75, 3.05) is 19.7 Å². The number of ether oxygens (including phenoxy) is 1. The molecule has 0 saturated carbocycles. The first-order chi connectivity index (χ1) is 16.1. The Morgan fingerprint density at radius 2 is 2.21 bits per heavy atom.